The number of carbonyl (C=O) groups is 2. The number of esters is 2. The van der Waals surface area contributed by atoms with Crippen LogP contribution in [0.2, 0.25) is 5.02 Å². The van der Waals surface area contributed by atoms with E-state index in [2.05, 4.69) is 143 Å². The lowest BCUT2D eigenvalue weighted by Crippen LogP contribution is -2.02. The van der Waals surface area contributed by atoms with Crippen molar-refractivity contribution in [3.8, 4) is 68.4 Å². The van der Waals surface area contributed by atoms with Gasteiger partial charge in [-0.2, -0.15) is 25.5 Å². The van der Waals surface area contributed by atoms with Gasteiger partial charge in [-0.1, -0.05) is 229 Å². The Morgan fingerprint density at radius 1 is 0.429 bits per heavy atom. The molecule has 23 nitrogen and oxygen atoms in total. The number of ether oxygens (including phenoxy) is 4. The van der Waals surface area contributed by atoms with Gasteiger partial charge in [-0.05, 0) is 115 Å². The Balaban J connectivity index is 0.000000111. The van der Waals surface area contributed by atoms with Gasteiger partial charge in [0.05, 0.1) is 72.9 Å². The molecule has 9 heterocycles. The van der Waals surface area contributed by atoms with Crippen molar-refractivity contribution in [2.24, 2.45) is 0 Å². The number of non-ortho nitro benzene ring substituents is 1. The van der Waals surface area contributed by atoms with Gasteiger partial charge in [0.15, 0.2) is 28.8 Å². The second-order valence-corrected chi connectivity index (χ2v) is 28.3. The van der Waals surface area contributed by atoms with Crippen molar-refractivity contribution < 1.29 is 51.8 Å². The van der Waals surface area contributed by atoms with Gasteiger partial charge in [-0.3, -0.25) is 33.9 Å². The molecule has 590 valence electrons. The molecule has 20 rings (SSSR count). The van der Waals surface area contributed by atoms with Crippen LogP contribution in [0.4, 0.5) is 5.69 Å². The summed E-state index contributed by atoms with van der Waals surface area (Å²) in [7, 11) is 2.64. The molecule has 1 aliphatic rings. The smallest absolute Gasteiger partial charge is 0.373 e. The summed E-state index contributed by atoms with van der Waals surface area (Å²) < 4.78 is 45.0. The molecule has 0 aliphatic carbocycles. The van der Waals surface area contributed by atoms with E-state index in [4.69, 9.17) is 59.5 Å². The van der Waals surface area contributed by atoms with Crippen LogP contribution >= 0.6 is 11.6 Å². The molecule has 0 amide bonds. The van der Waals surface area contributed by atoms with Gasteiger partial charge in [-0.25, -0.2) is 9.59 Å². The van der Waals surface area contributed by atoms with E-state index in [9.17, 15) is 24.8 Å². The van der Waals surface area contributed by atoms with Crippen molar-refractivity contribution in [2.75, 3.05) is 21.0 Å². The maximum absolute atomic E-state index is 11.6. The summed E-state index contributed by atoms with van der Waals surface area (Å²) >= 11 is 6.12. The number of hydrogen-bond acceptors (Lipinski definition) is 17. The molecule has 0 fully saturated rings. The number of nitro groups is 1. The lowest BCUT2D eigenvalue weighted by molar-refractivity contribution is -0.384. The summed E-state index contributed by atoms with van der Waals surface area (Å²) in [5.41, 5.74) is 18.3. The zero-order valence-electron chi connectivity index (χ0n) is 64.9. The number of carbonyl (C=O) groups excluding carboxylic acids is 2. The third-order valence-electron chi connectivity index (χ3n) is 19.9. The number of aromatic amines is 1. The minimum Gasteiger partial charge on any atom is -0.463 e. The van der Waals surface area contributed by atoms with Crippen LogP contribution in [0.5, 0.6) is 11.5 Å². The summed E-state index contributed by atoms with van der Waals surface area (Å²) in [6.45, 7) is 6.79. The summed E-state index contributed by atoms with van der Waals surface area (Å²) in [5.74, 6) is 2.95. The first kappa shape index (κ1) is 77.7. The Labute approximate surface area is 686 Å². The zero-order valence-corrected chi connectivity index (χ0v) is 65.7. The number of nitrogens with one attached hydrogen (secondary N) is 1. The topological polar surface area (TPSA) is 274 Å². The van der Waals surface area contributed by atoms with E-state index >= 15 is 0 Å². The normalized spacial score (nSPS) is 11.3. The van der Waals surface area contributed by atoms with Crippen LogP contribution in [-0.2, 0) is 42.3 Å². The van der Waals surface area contributed by atoms with E-state index in [1.165, 1.54) is 42.9 Å². The first-order valence-electron chi connectivity index (χ1n) is 38.1. The number of methoxy groups -OCH3 is 2. The van der Waals surface area contributed by atoms with Crippen molar-refractivity contribution >= 4 is 83.7 Å². The van der Waals surface area contributed by atoms with Crippen LogP contribution in [0.3, 0.4) is 0 Å². The van der Waals surface area contributed by atoms with Crippen LogP contribution in [-0.4, -0.2) is 92.3 Å². The van der Waals surface area contributed by atoms with Crippen molar-refractivity contribution in [1.82, 2.24) is 49.3 Å². The highest BCUT2D eigenvalue weighted by Gasteiger charge is 2.25. The number of rotatable bonds is 17. The number of aryl methyl sites for hydroxylation is 2. The fourth-order valence-corrected chi connectivity index (χ4v) is 14.2. The number of halogens is 1. The Kier molecular flexibility index (Phi) is 23.0. The predicted molar refractivity (Wildman–Crippen MR) is 457 cm³/mol. The number of hydrogen-bond donors (Lipinski definition) is 2. The molecule has 0 atom stereocenters. The monoisotopic (exact) mass is 1600 g/mol. The SMILES string of the molecule is COC(=O)c1ccc(-c2n[nH]c3ccccc23)o1.COC(=O)c1ccc(-c2nn(Cc3ccccc3)c3ccccc23)o1.Cc1ccc(-c2nn(Cc3ccc([N+](=O)[O-])cc3)c3ccccc23)cc1.Cc1ccc(-c2nn(Cc3cccc(Cl)c3)c3ccccc23)cc1.OCc1ccc(-c2nn(Cc3ccccc3)c3cc4c(cc23)OCO4)o1. The molecular formula is C95H76ClN11O12. The second kappa shape index (κ2) is 35.3. The number of fused-ring (bicyclic) bond motifs is 6. The van der Waals surface area contributed by atoms with Gasteiger partial charge < -0.3 is 37.3 Å². The van der Waals surface area contributed by atoms with Gasteiger partial charge >= 0.3 is 11.9 Å². The number of aliphatic hydroxyl groups is 1. The van der Waals surface area contributed by atoms with E-state index in [-0.39, 0.29) is 35.5 Å². The summed E-state index contributed by atoms with van der Waals surface area (Å²) in [6.07, 6.45) is 0. The highest BCUT2D eigenvalue weighted by Crippen LogP contribution is 2.41. The lowest BCUT2D eigenvalue weighted by Gasteiger charge is -2.04. The van der Waals surface area contributed by atoms with Gasteiger partial charge in [-0.15, -0.1) is 0 Å². The first-order valence-corrected chi connectivity index (χ1v) is 38.4. The van der Waals surface area contributed by atoms with Crippen molar-refractivity contribution in [1.29, 1.82) is 0 Å². The zero-order chi connectivity index (χ0) is 81.9. The molecular weight excluding hydrogens is 1520 g/mol. The van der Waals surface area contributed by atoms with Crippen LogP contribution in [0.25, 0.3) is 111 Å². The molecule has 1 aliphatic heterocycles. The third kappa shape index (κ3) is 17.4. The standard InChI is InChI=1S/C21H17ClN2.C21H17N3O2.C20H16N2O4.C20H16N2O3.C13H10N2O3/c1-15-9-11-17(12-10-15)21-19-7-2-3-8-20(19)24(23-21)14-16-5-4-6-18(22)13-16;1-15-6-10-17(11-7-15)21-19-4-2-3-5-20(19)23(22-21)14-16-8-12-18(13-9-16)24(25)26;23-11-14-6-7-17(26-14)20-15-8-18-19(25-12-24-18)9-16(15)22(21-20)10-13-4-2-1-3-5-13;1-24-20(23)18-12-11-17(25-18)19-15-9-5-6-10-16(15)22(21-19)13-14-7-3-2-4-8-14;1-17-13(16)11-7-6-10(18-11)12-8-4-2-3-5-9(8)14-15-12/h2-13H,14H2,1H3;2-13H,14H2,1H3;1-9,23H,10-12H2;2-12H,13H2,1H3;2-7H,1H3,(H,14,15). The Bertz CT molecular complexity index is 6800. The fourth-order valence-electron chi connectivity index (χ4n) is 13.9. The Morgan fingerprint density at radius 3 is 1.35 bits per heavy atom. The molecule has 0 radical (unpaired) electrons. The van der Waals surface area contributed by atoms with Crippen LogP contribution in [0, 0.1) is 24.0 Å². The van der Waals surface area contributed by atoms with Gasteiger partial charge in [0.2, 0.25) is 18.3 Å². The van der Waals surface area contributed by atoms with Gasteiger partial charge in [0.1, 0.15) is 40.8 Å². The molecule has 0 saturated carbocycles. The molecule has 2 N–H and O–H groups in total. The highest BCUT2D eigenvalue weighted by molar-refractivity contribution is 6.30. The minimum atomic E-state index is -0.501. The average molecular weight is 1600 g/mol. The van der Waals surface area contributed by atoms with Gasteiger partial charge in [0, 0.05) is 61.3 Å². The summed E-state index contributed by atoms with van der Waals surface area (Å²) in [6, 6.07) is 98.0. The summed E-state index contributed by atoms with van der Waals surface area (Å²) in [4.78, 5) is 33.4. The molecule has 119 heavy (non-hydrogen) atoms. The molecule has 8 aromatic heterocycles. The number of furan rings is 3. The second-order valence-electron chi connectivity index (χ2n) is 27.9. The number of nitrogens with zero attached hydrogens (tertiary/aromatic N) is 10. The van der Waals surface area contributed by atoms with Crippen molar-refractivity contribution in [2.45, 2.75) is 46.6 Å². The average Bonchev–Trinajstić information content (AvgIpc) is 1.61. The molecule has 0 bridgehead atoms. The maximum Gasteiger partial charge on any atom is 0.373 e. The molecule has 0 saturated heterocycles. The molecule has 0 spiro atoms. The Morgan fingerprint density at radius 2 is 0.849 bits per heavy atom. The number of H-pyrrole nitrogens is 1. The minimum absolute atomic E-state index is 0.0967. The number of aromatic nitrogens is 10. The van der Waals surface area contributed by atoms with Crippen LogP contribution < -0.4 is 9.47 Å². The van der Waals surface area contributed by atoms with Gasteiger partial charge in [0.25, 0.3) is 5.69 Å². The number of benzene rings is 11. The number of para-hydroxylation sites is 4. The summed E-state index contributed by atoms with van der Waals surface area (Å²) in [5, 5.41) is 52.3. The van der Waals surface area contributed by atoms with E-state index in [1.807, 2.05) is 154 Å². The van der Waals surface area contributed by atoms with E-state index in [0.717, 1.165) is 98.9 Å². The van der Waals surface area contributed by atoms with Crippen molar-refractivity contribution in [3.05, 3.63) is 369 Å². The van der Waals surface area contributed by atoms with E-state index in [0.29, 0.717) is 77.8 Å². The van der Waals surface area contributed by atoms with Crippen LogP contribution in [0.15, 0.2) is 317 Å². The molecule has 11 aromatic carbocycles. The van der Waals surface area contributed by atoms with E-state index in [1.54, 1.807) is 42.5 Å². The van der Waals surface area contributed by atoms with Crippen molar-refractivity contribution in [3.63, 3.8) is 0 Å². The quantitative estimate of drug-likeness (QED) is 0.0487. The first-order chi connectivity index (χ1) is 58.2. The highest BCUT2D eigenvalue weighted by atomic mass is 35.5. The largest absolute Gasteiger partial charge is 0.463 e. The van der Waals surface area contributed by atoms with Crippen LogP contribution in [0.1, 0.15) is 60.3 Å². The molecule has 19 aromatic rings. The Hall–Kier alpha value is -15.2. The predicted octanol–water partition coefficient (Wildman–Crippen LogP) is 21.0. The van der Waals surface area contributed by atoms with E-state index < -0.39 is 11.9 Å². The molecule has 24 heteroatoms. The molecule has 0 unspecified atom stereocenters. The maximum atomic E-state index is 11.6. The fraction of sp³-hybridized carbons (Fsp3) is 0.105. The number of aliphatic hydroxyl groups excluding tert-OH is 1. The third-order valence-corrected chi connectivity index (χ3v) is 20.1. The number of nitro benzene ring substituents is 1. The lowest BCUT2D eigenvalue weighted by atomic mass is 10.1.